The molecule has 0 saturated carbocycles. The Kier molecular flexibility index (Phi) is 4.68. The third kappa shape index (κ3) is 3.42. The lowest BCUT2D eigenvalue weighted by molar-refractivity contribution is -0.107. The molecule has 0 aliphatic rings. The Balaban J connectivity index is 1.58. The van der Waals surface area contributed by atoms with Crippen molar-refractivity contribution in [3.63, 3.8) is 0 Å². The van der Waals surface area contributed by atoms with Crippen molar-refractivity contribution in [2.24, 2.45) is 0 Å². The Hall–Kier alpha value is -3.65. The van der Waals surface area contributed by atoms with Crippen molar-refractivity contribution in [1.29, 1.82) is 0 Å². The van der Waals surface area contributed by atoms with Gasteiger partial charge in [-0.25, -0.2) is 0 Å². The van der Waals surface area contributed by atoms with Crippen LogP contribution in [0.3, 0.4) is 0 Å². The highest BCUT2D eigenvalue weighted by molar-refractivity contribution is 5.90. The fourth-order valence-electron chi connectivity index (χ4n) is 4.29. The number of aromatic nitrogens is 1. The number of rotatable bonds is 5. The summed E-state index contributed by atoms with van der Waals surface area (Å²) in [6, 6.07) is 30.2. The summed E-state index contributed by atoms with van der Waals surface area (Å²) in [6.45, 7) is 2.89. The molecule has 4 aromatic carbocycles. The first-order valence-electron chi connectivity index (χ1n) is 10.3. The van der Waals surface area contributed by atoms with E-state index in [1.165, 1.54) is 33.0 Å². The standard InChI is InChI=1S/C28H23NO/c1-20-5-4-8-23(15-20)25-11-12-28-27(17-25)26(13-14-30)19-29(28)18-21-9-10-22-6-2-3-7-24(22)16-21/h2-12,14-17,19H,13,18H2,1H3. The van der Waals surface area contributed by atoms with E-state index in [0.717, 1.165) is 29.3 Å². The number of carbonyl (C=O) groups is 1. The van der Waals surface area contributed by atoms with Gasteiger partial charge in [-0.3, -0.25) is 0 Å². The summed E-state index contributed by atoms with van der Waals surface area (Å²) in [6.07, 6.45) is 3.56. The molecule has 1 aromatic heterocycles. The molecule has 0 bridgehead atoms. The molecule has 1 heterocycles. The lowest BCUT2D eigenvalue weighted by atomic mass is 10.0. The summed E-state index contributed by atoms with van der Waals surface area (Å²) < 4.78 is 2.26. The molecule has 0 saturated heterocycles. The van der Waals surface area contributed by atoms with Crippen LogP contribution in [0, 0.1) is 6.92 Å². The number of nitrogens with zero attached hydrogens (tertiary/aromatic N) is 1. The largest absolute Gasteiger partial charge is 0.343 e. The molecule has 0 aliphatic heterocycles. The minimum Gasteiger partial charge on any atom is -0.343 e. The van der Waals surface area contributed by atoms with Crippen LogP contribution in [0.25, 0.3) is 32.8 Å². The molecule has 0 N–H and O–H groups in total. The van der Waals surface area contributed by atoms with Crippen molar-refractivity contribution in [3.05, 3.63) is 108 Å². The number of hydrogen-bond donors (Lipinski definition) is 0. The van der Waals surface area contributed by atoms with Gasteiger partial charge in [0.15, 0.2) is 0 Å². The molecule has 2 nitrogen and oxygen atoms in total. The maximum absolute atomic E-state index is 11.3. The van der Waals surface area contributed by atoms with E-state index in [-0.39, 0.29) is 0 Å². The highest BCUT2D eigenvalue weighted by Gasteiger charge is 2.11. The van der Waals surface area contributed by atoms with E-state index >= 15 is 0 Å². The van der Waals surface area contributed by atoms with Gasteiger partial charge in [-0.1, -0.05) is 72.3 Å². The van der Waals surface area contributed by atoms with Gasteiger partial charge in [0.2, 0.25) is 0 Å². The van der Waals surface area contributed by atoms with E-state index in [4.69, 9.17) is 0 Å². The highest BCUT2D eigenvalue weighted by Crippen LogP contribution is 2.29. The number of aryl methyl sites for hydroxylation is 1. The van der Waals surface area contributed by atoms with E-state index in [1.807, 2.05) is 0 Å². The van der Waals surface area contributed by atoms with Gasteiger partial charge in [0, 0.05) is 30.1 Å². The van der Waals surface area contributed by atoms with E-state index in [9.17, 15) is 4.79 Å². The molecule has 0 radical (unpaired) electrons. The van der Waals surface area contributed by atoms with Crippen molar-refractivity contribution < 1.29 is 4.79 Å². The van der Waals surface area contributed by atoms with Crippen LogP contribution in [0.2, 0.25) is 0 Å². The van der Waals surface area contributed by atoms with Gasteiger partial charge in [0.1, 0.15) is 6.29 Å². The molecular weight excluding hydrogens is 366 g/mol. The zero-order valence-corrected chi connectivity index (χ0v) is 17.0. The molecule has 0 atom stereocenters. The maximum atomic E-state index is 11.3. The van der Waals surface area contributed by atoms with Crippen molar-refractivity contribution in [1.82, 2.24) is 4.57 Å². The minimum absolute atomic E-state index is 0.429. The molecule has 0 spiro atoms. The molecule has 5 aromatic rings. The van der Waals surface area contributed by atoms with Gasteiger partial charge in [0.25, 0.3) is 0 Å². The molecule has 146 valence electrons. The summed E-state index contributed by atoms with van der Waals surface area (Å²) in [7, 11) is 0. The Morgan fingerprint density at radius 3 is 2.47 bits per heavy atom. The molecule has 0 fully saturated rings. The van der Waals surface area contributed by atoms with Crippen LogP contribution >= 0.6 is 0 Å². The SMILES string of the molecule is Cc1cccc(-c2ccc3c(c2)c(CC=O)cn3Cc2ccc3ccccc3c2)c1. The molecular formula is C28H23NO. The van der Waals surface area contributed by atoms with E-state index in [1.54, 1.807) is 0 Å². The van der Waals surface area contributed by atoms with E-state index < -0.39 is 0 Å². The van der Waals surface area contributed by atoms with Crippen LogP contribution in [0.1, 0.15) is 16.7 Å². The third-order valence-corrected chi connectivity index (χ3v) is 5.79. The molecule has 0 amide bonds. The Labute approximate surface area is 176 Å². The fourth-order valence-corrected chi connectivity index (χ4v) is 4.29. The molecule has 0 unspecified atom stereocenters. The van der Waals surface area contributed by atoms with Crippen LogP contribution in [0.5, 0.6) is 0 Å². The fraction of sp³-hybridized carbons (Fsp3) is 0.107. The first kappa shape index (κ1) is 18.4. The molecule has 5 rings (SSSR count). The predicted octanol–water partition coefficient (Wildman–Crippen LogP) is 6.56. The van der Waals surface area contributed by atoms with Crippen LogP contribution in [-0.2, 0) is 17.8 Å². The van der Waals surface area contributed by atoms with Crippen LogP contribution < -0.4 is 0 Å². The van der Waals surface area contributed by atoms with Crippen molar-refractivity contribution >= 4 is 28.0 Å². The number of aldehydes is 1. The van der Waals surface area contributed by atoms with Crippen molar-refractivity contribution in [2.75, 3.05) is 0 Å². The normalized spacial score (nSPS) is 11.2. The first-order valence-corrected chi connectivity index (χ1v) is 10.3. The molecule has 0 aliphatic carbocycles. The zero-order chi connectivity index (χ0) is 20.5. The maximum Gasteiger partial charge on any atom is 0.124 e. The Bertz CT molecular complexity index is 1380. The second-order valence-electron chi connectivity index (χ2n) is 7.94. The number of hydrogen-bond acceptors (Lipinski definition) is 1. The van der Waals surface area contributed by atoms with Gasteiger partial charge in [0.05, 0.1) is 0 Å². The average Bonchev–Trinajstić information content (AvgIpc) is 3.10. The van der Waals surface area contributed by atoms with Gasteiger partial charge in [-0.15, -0.1) is 0 Å². The van der Waals surface area contributed by atoms with Gasteiger partial charge < -0.3 is 9.36 Å². The van der Waals surface area contributed by atoms with Crippen LogP contribution in [0.15, 0.2) is 91.1 Å². The van der Waals surface area contributed by atoms with Crippen molar-refractivity contribution in [2.45, 2.75) is 19.9 Å². The Morgan fingerprint density at radius 1 is 0.800 bits per heavy atom. The number of benzene rings is 4. The summed E-state index contributed by atoms with van der Waals surface area (Å²) in [5, 5.41) is 3.66. The summed E-state index contributed by atoms with van der Waals surface area (Å²) in [5.74, 6) is 0. The lowest BCUT2D eigenvalue weighted by Gasteiger charge is -2.08. The summed E-state index contributed by atoms with van der Waals surface area (Å²) >= 11 is 0. The monoisotopic (exact) mass is 389 g/mol. The summed E-state index contributed by atoms with van der Waals surface area (Å²) in [4.78, 5) is 11.3. The van der Waals surface area contributed by atoms with Crippen LogP contribution in [0.4, 0.5) is 0 Å². The van der Waals surface area contributed by atoms with Gasteiger partial charge >= 0.3 is 0 Å². The topological polar surface area (TPSA) is 22.0 Å². The second kappa shape index (κ2) is 7.64. The zero-order valence-electron chi connectivity index (χ0n) is 17.0. The first-order chi connectivity index (χ1) is 14.7. The van der Waals surface area contributed by atoms with E-state index in [0.29, 0.717) is 6.42 Å². The van der Waals surface area contributed by atoms with Gasteiger partial charge in [-0.05, 0) is 58.1 Å². The summed E-state index contributed by atoms with van der Waals surface area (Å²) in [5.41, 5.74) is 7.13. The highest BCUT2D eigenvalue weighted by atomic mass is 16.1. The lowest BCUT2D eigenvalue weighted by Crippen LogP contribution is -1.98. The molecule has 30 heavy (non-hydrogen) atoms. The van der Waals surface area contributed by atoms with Crippen molar-refractivity contribution in [3.8, 4) is 11.1 Å². The smallest absolute Gasteiger partial charge is 0.124 e. The number of carbonyl (C=O) groups excluding carboxylic acids is 1. The quantitative estimate of drug-likeness (QED) is 0.312. The Morgan fingerprint density at radius 2 is 1.63 bits per heavy atom. The second-order valence-corrected chi connectivity index (χ2v) is 7.94. The minimum atomic E-state index is 0.429. The predicted molar refractivity (Wildman–Crippen MR) is 125 cm³/mol. The average molecular weight is 389 g/mol. The van der Waals surface area contributed by atoms with Crippen LogP contribution in [-0.4, -0.2) is 10.9 Å². The van der Waals surface area contributed by atoms with Gasteiger partial charge in [-0.2, -0.15) is 0 Å². The molecule has 2 heteroatoms. The van der Waals surface area contributed by atoms with E-state index in [2.05, 4.69) is 103 Å². The number of fused-ring (bicyclic) bond motifs is 2. The third-order valence-electron chi connectivity index (χ3n) is 5.79.